The van der Waals surface area contributed by atoms with E-state index < -0.39 is 51.6 Å². The first-order chi connectivity index (χ1) is 15.4. The molecule has 2 N–H and O–H groups in total. The maximum absolute atomic E-state index is 12.6. The van der Waals surface area contributed by atoms with Crippen LogP contribution in [0.15, 0.2) is 27.6 Å². The zero-order valence-corrected chi connectivity index (χ0v) is 21.0. The van der Waals surface area contributed by atoms with Crippen molar-refractivity contribution in [2.75, 3.05) is 18.9 Å². The lowest BCUT2D eigenvalue weighted by Gasteiger charge is -2.53. The molecule has 0 radical (unpaired) electrons. The van der Waals surface area contributed by atoms with Gasteiger partial charge >= 0.3 is 18.1 Å². The van der Waals surface area contributed by atoms with E-state index in [1.54, 1.807) is 13.0 Å². The lowest BCUT2D eigenvalue weighted by atomic mass is 10.0. The van der Waals surface area contributed by atoms with Crippen LogP contribution < -0.4 is 5.32 Å². The van der Waals surface area contributed by atoms with Gasteiger partial charge in [-0.2, -0.15) is 13.2 Å². The molecule has 0 aromatic heterocycles. The Balaban J connectivity index is 1.71. The molecule has 2 aliphatic rings. The van der Waals surface area contributed by atoms with Crippen LogP contribution in [0.1, 0.15) is 23.7 Å². The number of fused-ring (bicyclic) bond motifs is 1. The van der Waals surface area contributed by atoms with E-state index in [-0.39, 0.29) is 18.9 Å². The summed E-state index contributed by atoms with van der Waals surface area (Å²) in [5.41, 5.74) is 0.303. The van der Waals surface area contributed by atoms with Crippen LogP contribution in [0.25, 0.3) is 0 Å². The Morgan fingerprint density at radius 2 is 2.15 bits per heavy atom. The number of hydrogen-bond donors (Lipinski definition) is 2. The van der Waals surface area contributed by atoms with Crippen LogP contribution in [0.5, 0.6) is 0 Å². The van der Waals surface area contributed by atoms with Gasteiger partial charge in [-0.3, -0.25) is 9.59 Å². The molecule has 33 heavy (non-hydrogen) atoms. The predicted octanol–water partition coefficient (Wildman–Crippen LogP) is 3.69. The third-order valence-electron chi connectivity index (χ3n) is 4.87. The number of nitrogens with zero attached hydrogens (tertiary/aromatic N) is 1. The van der Waals surface area contributed by atoms with Gasteiger partial charge < -0.3 is 20.1 Å². The molecule has 1 aromatic rings. The van der Waals surface area contributed by atoms with Gasteiger partial charge in [0.2, 0.25) is 5.91 Å². The van der Waals surface area contributed by atoms with E-state index in [0.29, 0.717) is 14.9 Å². The van der Waals surface area contributed by atoms with Gasteiger partial charge in [-0.25, -0.2) is 4.79 Å². The fourth-order valence-corrected chi connectivity index (χ4v) is 7.08. The summed E-state index contributed by atoms with van der Waals surface area (Å²) in [4.78, 5) is 38.1. The first kappa shape index (κ1) is 26.1. The standard InChI is InChI=1S/C19H18BrF3N2O5S3/c1-2-30-16(27)9-3-4-11(10(20)5-9)33-18(17(28)29)7-25-14(26)13(15(25)32-8-18)24-12(31)6-19(21,22)23/h3-5,13,15H,2,6-8H2,1H3,(H,24,31)(H,28,29)/t13-,15-,18?/m1/s1. The number of hydrogen-bond acceptors (Lipinski definition) is 7. The normalized spacial score (nSPS) is 24.5. The van der Waals surface area contributed by atoms with Crippen molar-refractivity contribution in [3.8, 4) is 0 Å². The minimum atomic E-state index is -4.48. The van der Waals surface area contributed by atoms with Crippen molar-refractivity contribution in [3.05, 3.63) is 28.2 Å². The monoisotopic (exact) mass is 586 g/mol. The third kappa shape index (κ3) is 5.77. The number of carboxylic acid groups (broad SMARTS) is 1. The zero-order chi connectivity index (χ0) is 24.6. The van der Waals surface area contributed by atoms with E-state index in [0.717, 1.165) is 11.8 Å². The number of ether oxygens (including phenoxy) is 1. The number of esters is 1. The van der Waals surface area contributed by atoms with Crippen molar-refractivity contribution >= 4 is 74.5 Å². The molecule has 180 valence electrons. The van der Waals surface area contributed by atoms with Crippen molar-refractivity contribution in [2.45, 2.75) is 40.6 Å². The number of rotatable bonds is 7. The Morgan fingerprint density at radius 3 is 2.73 bits per heavy atom. The smallest absolute Gasteiger partial charge is 0.395 e. The highest BCUT2D eigenvalue weighted by Crippen LogP contribution is 2.47. The van der Waals surface area contributed by atoms with Crippen LogP contribution in [0, 0.1) is 0 Å². The van der Waals surface area contributed by atoms with Gasteiger partial charge in [-0.05, 0) is 41.1 Å². The van der Waals surface area contributed by atoms with Gasteiger partial charge in [0.1, 0.15) is 16.2 Å². The number of aliphatic carboxylic acids is 1. The summed E-state index contributed by atoms with van der Waals surface area (Å²) in [5, 5.41) is 11.9. The molecule has 2 heterocycles. The molecule has 1 aromatic carbocycles. The lowest BCUT2D eigenvalue weighted by molar-refractivity contribution is -0.149. The number of alkyl halides is 3. The number of benzene rings is 1. The fraction of sp³-hybridized carbons (Fsp3) is 0.474. The van der Waals surface area contributed by atoms with Crippen LogP contribution in [-0.4, -0.2) is 74.1 Å². The third-order valence-corrected chi connectivity index (χ3v) is 9.18. The summed E-state index contributed by atoms with van der Waals surface area (Å²) in [6, 6.07) is 3.73. The molecule has 0 saturated carbocycles. The minimum absolute atomic E-state index is 0.109. The van der Waals surface area contributed by atoms with Crippen molar-refractivity contribution in [3.63, 3.8) is 0 Å². The Bertz CT molecular complexity index is 996. The molecule has 2 aliphatic heterocycles. The molecule has 14 heteroatoms. The molecule has 2 saturated heterocycles. The van der Waals surface area contributed by atoms with E-state index in [2.05, 4.69) is 21.2 Å². The number of halogens is 4. The largest absolute Gasteiger partial charge is 0.480 e. The molecule has 2 fully saturated rings. The van der Waals surface area contributed by atoms with Crippen molar-refractivity contribution in [1.29, 1.82) is 0 Å². The summed E-state index contributed by atoms with van der Waals surface area (Å²) in [6.45, 7) is 1.77. The average Bonchev–Trinajstić information content (AvgIpc) is 2.72. The summed E-state index contributed by atoms with van der Waals surface area (Å²) in [7, 11) is 0. The van der Waals surface area contributed by atoms with Gasteiger partial charge in [0.15, 0.2) is 0 Å². The van der Waals surface area contributed by atoms with E-state index in [1.165, 1.54) is 28.8 Å². The Kier molecular flexibility index (Phi) is 7.91. The summed E-state index contributed by atoms with van der Waals surface area (Å²) < 4.78 is 41.6. The van der Waals surface area contributed by atoms with E-state index >= 15 is 0 Å². The number of nitrogens with one attached hydrogen (secondary N) is 1. The molecule has 0 spiro atoms. The summed E-state index contributed by atoms with van der Waals surface area (Å²) in [5.74, 6) is -2.03. The van der Waals surface area contributed by atoms with Gasteiger partial charge in [0.05, 0.1) is 23.6 Å². The molecule has 1 amide bonds. The number of thiocarbonyl (C=S) groups is 1. The Hall–Kier alpha value is -1.51. The second kappa shape index (κ2) is 10.0. The van der Waals surface area contributed by atoms with Gasteiger partial charge in [-0.15, -0.1) is 23.5 Å². The van der Waals surface area contributed by atoms with Gasteiger partial charge in [-0.1, -0.05) is 12.2 Å². The summed E-state index contributed by atoms with van der Waals surface area (Å²) in [6.07, 6.45) is -5.81. The van der Waals surface area contributed by atoms with Gasteiger partial charge in [0, 0.05) is 21.7 Å². The first-order valence-electron chi connectivity index (χ1n) is 9.54. The molecule has 7 nitrogen and oxygen atoms in total. The molecular formula is C19H18BrF3N2O5S3. The maximum Gasteiger partial charge on any atom is 0.395 e. The molecule has 1 unspecified atom stereocenters. The van der Waals surface area contributed by atoms with Crippen molar-refractivity contribution in [2.24, 2.45) is 0 Å². The number of carboxylic acids is 1. The highest BCUT2D eigenvalue weighted by atomic mass is 79.9. The maximum atomic E-state index is 12.6. The molecule has 0 aliphatic carbocycles. The molecule has 0 bridgehead atoms. The number of amides is 1. The zero-order valence-electron chi connectivity index (χ0n) is 17.0. The number of thioether (sulfide) groups is 2. The van der Waals surface area contributed by atoms with Crippen LogP contribution in [0.4, 0.5) is 13.2 Å². The van der Waals surface area contributed by atoms with Crippen molar-refractivity contribution in [1.82, 2.24) is 10.2 Å². The SMILES string of the molecule is CCOC(=O)c1ccc(SC2(C(=O)O)CS[C@@H]3[C@H](NC(=S)CC(F)(F)F)C(=O)N3C2)c(Br)c1. The van der Waals surface area contributed by atoms with E-state index in [9.17, 15) is 32.7 Å². The van der Waals surface area contributed by atoms with Crippen LogP contribution in [0.3, 0.4) is 0 Å². The second-order valence-electron chi connectivity index (χ2n) is 7.27. The fourth-order valence-electron chi connectivity index (χ4n) is 3.33. The highest BCUT2D eigenvalue weighted by Gasteiger charge is 2.58. The van der Waals surface area contributed by atoms with Crippen LogP contribution in [0.2, 0.25) is 0 Å². The molecule has 3 rings (SSSR count). The minimum Gasteiger partial charge on any atom is -0.480 e. The second-order valence-corrected chi connectivity index (χ2v) is 11.1. The Morgan fingerprint density at radius 1 is 1.45 bits per heavy atom. The number of β-lactam (4-membered cyclic amide) rings is 1. The predicted molar refractivity (Wildman–Crippen MR) is 124 cm³/mol. The summed E-state index contributed by atoms with van der Waals surface area (Å²) >= 11 is 10.3. The molecule has 3 atom stereocenters. The highest BCUT2D eigenvalue weighted by molar-refractivity contribution is 9.10. The topological polar surface area (TPSA) is 95.9 Å². The van der Waals surface area contributed by atoms with E-state index in [4.69, 9.17) is 17.0 Å². The average molecular weight is 587 g/mol. The quantitative estimate of drug-likeness (QED) is 0.281. The Labute approximate surface area is 209 Å². The van der Waals surface area contributed by atoms with Gasteiger partial charge in [0.25, 0.3) is 0 Å². The lowest BCUT2D eigenvalue weighted by Crippen LogP contribution is -2.74. The van der Waals surface area contributed by atoms with E-state index in [1.807, 2.05) is 0 Å². The molecular weight excluding hydrogens is 569 g/mol. The first-order valence-corrected chi connectivity index (χ1v) is 12.6. The van der Waals surface area contributed by atoms with Crippen LogP contribution >= 0.6 is 51.7 Å². The number of carbonyl (C=O) groups is 3. The van der Waals surface area contributed by atoms with Crippen LogP contribution in [-0.2, 0) is 14.3 Å². The number of carbonyl (C=O) groups excluding carboxylic acids is 2. The van der Waals surface area contributed by atoms with Crippen molar-refractivity contribution < 1.29 is 37.4 Å².